The van der Waals surface area contributed by atoms with E-state index in [9.17, 15) is 9.90 Å². The Hall–Kier alpha value is -2.77. The molecule has 0 aromatic heterocycles. The Balaban J connectivity index is 1.18. The fourth-order valence-electron chi connectivity index (χ4n) is 4.66. The molecule has 1 aliphatic carbocycles. The minimum absolute atomic E-state index is 0.0374. The minimum atomic E-state index is -0.477. The third-order valence-corrected chi connectivity index (χ3v) is 6.74. The molecule has 2 aliphatic heterocycles. The van der Waals surface area contributed by atoms with E-state index in [1.165, 1.54) is 18.4 Å². The molecule has 2 heterocycles. The van der Waals surface area contributed by atoms with Crippen molar-refractivity contribution in [2.75, 3.05) is 44.8 Å². The molecule has 2 aromatic rings. The highest BCUT2D eigenvalue weighted by molar-refractivity contribution is 5.99. The zero-order valence-electron chi connectivity index (χ0n) is 19.1. The number of β-amino-alcohol motifs (C(OH)–C–C–N with tert-alkyl or cyclic N) is 1. The number of amides is 1. The van der Waals surface area contributed by atoms with Gasteiger partial charge in [-0.2, -0.15) is 0 Å². The standard InChI is InChI=1S/C26H32N2O5/c1-31-25-16-20(6-9-23(25)32-15-14-27-12-10-21(29)17-27)28-13-11-24(26(28)30)33-22-7-4-19(5-8-22)18-2-3-18/h4-9,16,18,21,24,29H,2-3,10-15,17H2,1H3/t21-,24+/m1/s1. The quantitative estimate of drug-likeness (QED) is 0.630. The Morgan fingerprint density at radius 1 is 1.00 bits per heavy atom. The largest absolute Gasteiger partial charge is 0.493 e. The second kappa shape index (κ2) is 9.61. The van der Waals surface area contributed by atoms with Gasteiger partial charge in [-0.05, 0) is 55.0 Å². The normalized spacial score (nSPS) is 23.2. The van der Waals surface area contributed by atoms with E-state index in [-0.39, 0.29) is 12.0 Å². The lowest BCUT2D eigenvalue weighted by molar-refractivity contribution is -0.122. The van der Waals surface area contributed by atoms with Crippen LogP contribution in [0.25, 0.3) is 0 Å². The summed E-state index contributed by atoms with van der Waals surface area (Å²) in [6.07, 6.45) is 3.29. The van der Waals surface area contributed by atoms with E-state index < -0.39 is 6.10 Å². The van der Waals surface area contributed by atoms with Gasteiger partial charge >= 0.3 is 0 Å². The number of methoxy groups -OCH3 is 1. The molecule has 0 bridgehead atoms. The number of hydrogen-bond donors (Lipinski definition) is 1. The van der Waals surface area contributed by atoms with E-state index in [4.69, 9.17) is 14.2 Å². The number of benzene rings is 2. The molecule has 0 radical (unpaired) electrons. The van der Waals surface area contributed by atoms with Gasteiger partial charge in [0.25, 0.3) is 5.91 Å². The van der Waals surface area contributed by atoms with Gasteiger partial charge in [0.15, 0.2) is 17.6 Å². The third kappa shape index (κ3) is 5.09. The van der Waals surface area contributed by atoms with Crippen molar-refractivity contribution in [2.24, 2.45) is 0 Å². The minimum Gasteiger partial charge on any atom is -0.493 e. The fourth-order valence-corrected chi connectivity index (χ4v) is 4.66. The molecule has 1 N–H and O–H groups in total. The summed E-state index contributed by atoms with van der Waals surface area (Å²) < 4.78 is 17.5. The lowest BCUT2D eigenvalue weighted by Gasteiger charge is -2.20. The number of likely N-dealkylation sites (tertiary alicyclic amines) is 1. The van der Waals surface area contributed by atoms with Crippen molar-refractivity contribution in [2.45, 2.75) is 43.8 Å². The maximum Gasteiger partial charge on any atom is 0.268 e. The topological polar surface area (TPSA) is 71.5 Å². The Kier molecular flexibility index (Phi) is 6.42. The summed E-state index contributed by atoms with van der Waals surface area (Å²) in [5.74, 6) is 2.66. The van der Waals surface area contributed by atoms with Gasteiger partial charge < -0.3 is 24.2 Å². The van der Waals surface area contributed by atoms with Crippen molar-refractivity contribution in [3.63, 3.8) is 0 Å². The Morgan fingerprint density at radius 2 is 1.82 bits per heavy atom. The van der Waals surface area contributed by atoms with Gasteiger partial charge in [0.2, 0.25) is 0 Å². The Bertz CT molecular complexity index is 975. The van der Waals surface area contributed by atoms with E-state index >= 15 is 0 Å². The molecule has 3 aliphatic rings. The average molecular weight is 453 g/mol. The molecule has 2 atom stereocenters. The summed E-state index contributed by atoms with van der Waals surface area (Å²) >= 11 is 0. The van der Waals surface area contributed by atoms with Crippen molar-refractivity contribution >= 4 is 11.6 Å². The van der Waals surface area contributed by atoms with Crippen LogP contribution in [0.5, 0.6) is 17.2 Å². The average Bonchev–Trinajstić information content (AvgIpc) is 3.51. The van der Waals surface area contributed by atoms with Crippen LogP contribution in [0.3, 0.4) is 0 Å². The summed E-state index contributed by atoms with van der Waals surface area (Å²) in [5.41, 5.74) is 2.14. The van der Waals surface area contributed by atoms with Crippen LogP contribution >= 0.6 is 0 Å². The molecule has 0 unspecified atom stereocenters. The summed E-state index contributed by atoms with van der Waals surface area (Å²) in [7, 11) is 1.60. The zero-order chi connectivity index (χ0) is 22.8. The van der Waals surface area contributed by atoms with E-state index in [0.29, 0.717) is 43.5 Å². The predicted molar refractivity (Wildman–Crippen MR) is 125 cm³/mol. The smallest absolute Gasteiger partial charge is 0.268 e. The van der Waals surface area contributed by atoms with Gasteiger partial charge in [-0.15, -0.1) is 0 Å². The summed E-state index contributed by atoms with van der Waals surface area (Å²) in [6.45, 7) is 3.47. The molecule has 7 heteroatoms. The van der Waals surface area contributed by atoms with Crippen LogP contribution in [0.15, 0.2) is 42.5 Å². The van der Waals surface area contributed by atoms with Crippen molar-refractivity contribution in [3.8, 4) is 17.2 Å². The molecular weight excluding hydrogens is 420 g/mol. The van der Waals surface area contributed by atoms with Crippen LogP contribution < -0.4 is 19.1 Å². The SMILES string of the molecule is COc1cc(N2CC[C@H](Oc3ccc(C4CC4)cc3)C2=O)ccc1OCCN1CC[C@@H](O)C1. The number of carbonyl (C=O) groups excluding carboxylic acids is 1. The number of aliphatic hydroxyl groups is 1. The number of carbonyl (C=O) groups is 1. The number of anilines is 1. The number of rotatable bonds is 9. The fraction of sp³-hybridized carbons (Fsp3) is 0.500. The zero-order valence-corrected chi connectivity index (χ0v) is 19.1. The van der Waals surface area contributed by atoms with E-state index in [1.807, 2.05) is 30.3 Å². The van der Waals surface area contributed by atoms with Gasteiger partial charge in [-0.1, -0.05) is 12.1 Å². The summed E-state index contributed by atoms with van der Waals surface area (Å²) in [4.78, 5) is 17.0. The van der Waals surface area contributed by atoms with Crippen molar-refractivity contribution in [1.29, 1.82) is 0 Å². The first kappa shape index (κ1) is 22.0. The molecule has 1 saturated carbocycles. The van der Waals surface area contributed by atoms with Gasteiger partial charge in [0.1, 0.15) is 12.4 Å². The second-order valence-electron chi connectivity index (χ2n) is 9.16. The molecule has 33 heavy (non-hydrogen) atoms. The van der Waals surface area contributed by atoms with Crippen molar-refractivity contribution in [3.05, 3.63) is 48.0 Å². The van der Waals surface area contributed by atoms with E-state index in [2.05, 4.69) is 17.0 Å². The molecular formula is C26H32N2O5. The van der Waals surface area contributed by atoms with E-state index in [0.717, 1.165) is 30.9 Å². The number of aliphatic hydroxyl groups excluding tert-OH is 1. The van der Waals surface area contributed by atoms with Crippen LogP contribution in [0.1, 0.15) is 37.2 Å². The van der Waals surface area contributed by atoms with Crippen LogP contribution in [-0.2, 0) is 4.79 Å². The number of hydrogen-bond acceptors (Lipinski definition) is 6. The molecule has 1 amide bonds. The van der Waals surface area contributed by atoms with Gasteiger partial charge in [0.05, 0.1) is 13.2 Å². The predicted octanol–water partition coefficient (Wildman–Crippen LogP) is 3.20. The van der Waals surface area contributed by atoms with Crippen molar-refractivity contribution in [1.82, 2.24) is 4.90 Å². The molecule has 2 aromatic carbocycles. The Labute approximate surface area is 194 Å². The maximum atomic E-state index is 13.0. The van der Waals surface area contributed by atoms with E-state index in [1.54, 1.807) is 12.0 Å². The van der Waals surface area contributed by atoms with Gasteiger partial charge in [-0.25, -0.2) is 0 Å². The monoisotopic (exact) mass is 452 g/mol. The van der Waals surface area contributed by atoms with Gasteiger partial charge in [0, 0.05) is 44.4 Å². The second-order valence-corrected chi connectivity index (χ2v) is 9.16. The third-order valence-electron chi connectivity index (χ3n) is 6.74. The first-order chi connectivity index (χ1) is 16.1. The molecule has 3 fully saturated rings. The lowest BCUT2D eigenvalue weighted by atomic mass is 10.1. The Morgan fingerprint density at radius 3 is 2.52 bits per heavy atom. The highest BCUT2D eigenvalue weighted by Crippen LogP contribution is 2.40. The summed E-state index contributed by atoms with van der Waals surface area (Å²) in [5, 5.41) is 9.64. The highest BCUT2D eigenvalue weighted by atomic mass is 16.5. The van der Waals surface area contributed by atoms with Crippen LogP contribution in [0, 0.1) is 0 Å². The molecule has 0 spiro atoms. The van der Waals surface area contributed by atoms with Crippen LogP contribution in [0.2, 0.25) is 0 Å². The highest BCUT2D eigenvalue weighted by Gasteiger charge is 2.35. The molecule has 176 valence electrons. The first-order valence-electron chi connectivity index (χ1n) is 11.9. The maximum absolute atomic E-state index is 13.0. The number of nitrogens with zero attached hydrogens (tertiary/aromatic N) is 2. The molecule has 7 nitrogen and oxygen atoms in total. The molecule has 5 rings (SSSR count). The van der Waals surface area contributed by atoms with Crippen LogP contribution in [0.4, 0.5) is 5.69 Å². The lowest BCUT2D eigenvalue weighted by Crippen LogP contribution is -2.32. The summed E-state index contributed by atoms with van der Waals surface area (Å²) in [6, 6.07) is 13.8. The number of ether oxygens (including phenoxy) is 3. The van der Waals surface area contributed by atoms with Crippen molar-refractivity contribution < 1.29 is 24.1 Å². The van der Waals surface area contributed by atoms with Gasteiger partial charge in [-0.3, -0.25) is 9.69 Å². The first-order valence-corrected chi connectivity index (χ1v) is 11.9. The molecule has 2 saturated heterocycles. The van der Waals surface area contributed by atoms with Crippen LogP contribution in [-0.4, -0.2) is 68.0 Å².